The van der Waals surface area contributed by atoms with E-state index in [1.165, 1.54) is 24.1 Å². The van der Waals surface area contributed by atoms with Gasteiger partial charge in [-0.15, -0.1) is 0 Å². The van der Waals surface area contributed by atoms with Crippen molar-refractivity contribution < 1.29 is 29.0 Å². The van der Waals surface area contributed by atoms with Crippen molar-refractivity contribution in [3.8, 4) is 11.5 Å². The number of nitrogens with two attached hydrogens (primary N) is 1. The molecule has 40 heavy (non-hydrogen) atoms. The van der Waals surface area contributed by atoms with Gasteiger partial charge in [-0.2, -0.15) is 0 Å². The molecule has 8 nitrogen and oxygen atoms in total. The van der Waals surface area contributed by atoms with Crippen molar-refractivity contribution in [2.75, 3.05) is 18.6 Å². The summed E-state index contributed by atoms with van der Waals surface area (Å²) in [5.41, 5.74) is 10.8. The Kier molecular flexibility index (Phi) is 7.54. The Hall–Kier alpha value is -4.30. The molecular formula is C31H29ClN2O6. The van der Waals surface area contributed by atoms with Gasteiger partial charge in [0.15, 0.2) is 5.78 Å². The lowest BCUT2D eigenvalue weighted by molar-refractivity contribution is -0.118. The van der Waals surface area contributed by atoms with Gasteiger partial charge in [0.2, 0.25) is 5.91 Å². The number of aromatic carboxylic acids is 1. The predicted octanol–water partition coefficient (Wildman–Crippen LogP) is 5.69. The molecule has 3 N–H and O–H groups in total. The number of Topliss-reactive ketones (excluding diaryl/α,β-unsaturated/α-hetero) is 1. The average molecular weight is 561 g/mol. The van der Waals surface area contributed by atoms with E-state index in [1.807, 2.05) is 25.1 Å². The maximum atomic E-state index is 13.2. The number of hydrogen-bond acceptors (Lipinski definition) is 6. The number of carbonyl (C=O) groups excluding carboxylic acids is 2. The highest BCUT2D eigenvalue weighted by Gasteiger charge is 2.34. The number of methoxy groups -OCH3 is 1. The zero-order valence-electron chi connectivity index (χ0n) is 22.2. The molecule has 1 fully saturated rings. The molecule has 1 aliphatic heterocycles. The first-order valence-electron chi connectivity index (χ1n) is 13.0. The van der Waals surface area contributed by atoms with E-state index in [9.17, 15) is 19.5 Å². The zero-order valence-corrected chi connectivity index (χ0v) is 23.0. The first-order chi connectivity index (χ1) is 19.2. The predicted molar refractivity (Wildman–Crippen MR) is 152 cm³/mol. The van der Waals surface area contributed by atoms with Crippen LogP contribution in [0.4, 0.5) is 11.4 Å². The Labute approximate surface area is 236 Å². The lowest BCUT2D eigenvalue weighted by atomic mass is 9.98. The quantitative estimate of drug-likeness (QED) is 0.322. The second-order valence-electron chi connectivity index (χ2n) is 9.96. The lowest BCUT2D eigenvalue weighted by Crippen LogP contribution is -2.31. The molecule has 9 heteroatoms. The van der Waals surface area contributed by atoms with Crippen molar-refractivity contribution >= 4 is 46.3 Å². The number of anilines is 2. The molecule has 1 saturated carbocycles. The third-order valence-corrected chi connectivity index (χ3v) is 7.58. The number of carboxylic acids is 1. The molecule has 2 aliphatic rings. The van der Waals surface area contributed by atoms with E-state index in [1.54, 1.807) is 24.3 Å². The Morgan fingerprint density at radius 2 is 1.82 bits per heavy atom. The topological polar surface area (TPSA) is 119 Å². The van der Waals surface area contributed by atoms with Gasteiger partial charge in [0.05, 0.1) is 40.3 Å². The molecule has 3 aromatic rings. The summed E-state index contributed by atoms with van der Waals surface area (Å²) in [6.07, 6.45) is 2.42. The van der Waals surface area contributed by atoms with Crippen LogP contribution in [-0.2, 0) is 16.0 Å². The van der Waals surface area contributed by atoms with Crippen LogP contribution < -0.4 is 20.1 Å². The van der Waals surface area contributed by atoms with Gasteiger partial charge in [-0.3, -0.25) is 14.5 Å². The summed E-state index contributed by atoms with van der Waals surface area (Å²) in [6.45, 7) is 1.88. The summed E-state index contributed by atoms with van der Waals surface area (Å²) in [7, 11) is 1.43. The van der Waals surface area contributed by atoms with Gasteiger partial charge >= 0.3 is 5.97 Å². The molecule has 206 valence electrons. The van der Waals surface area contributed by atoms with Gasteiger partial charge in [0.1, 0.15) is 18.1 Å². The monoisotopic (exact) mass is 560 g/mol. The number of carbonyl (C=O) groups is 3. The van der Waals surface area contributed by atoms with E-state index >= 15 is 0 Å². The number of nitrogens with zero attached hydrogens (tertiary/aromatic N) is 1. The van der Waals surface area contributed by atoms with Crippen LogP contribution in [0.2, 0.25) is 5.02 Å². The number of carboxylic acid groups (broad SMARTS) is 1. The third kappa shape index (κ3) is 5.27. The van der Waals surface area contributed by atoms with Crippen LogP contribution in [0.15, 0.2) is 60.2 Å². The Morgan fingerprint density at radius 1 is 1.07 bits per heavy atom. The van der Waals surface area contributed by atoms with Crippen molar-refractivity contribution in [1.29, 1.82) is 0 Å². The van der Waals surface area contributed by atoms with Gasteiger partial charge in [-0.05, 0) is 79.8 Å². The molecule has 5 rings (SSSR count). The largest absolute Gasteiger partial charge is 0.495 e. The normalized spacial score (nSPS) is 15.3. The molecule has 1 heterocycles. The summed E-state index contributed by atoms with van der Waals surface area (Å²) >= 11 is 6.45. The molecule has 0 saturated heterocycles. The fourth-order valence-corrected chi connectivity index (χ4v) is 5.29. The fraction of sp³-hybridized carbons (Fsp3) is 0.258. The molecule has 1 aliphatic carbocycles. The third-order valence-electron chi connectivity index (χ3n) is 7.26. The van der Waals surface area contributed by atoms with E-state index in [0.717, 1.165) is 24.0 Å². The molecular weight excluding hydrogens is 532 g/mol. The highest BCUT2D eigenvalue weighted by atomic mass is 35.5. The number of amides is 1. The minimum absolute atomic E-state index is 0.0161. The van der Waals surface area contributed by atoms with E-state index in [0.29, 0.717) is 45.4 Å². The first kappa shape index (κ1) is 27.3. The maximum Gasteiger partial charge on any atom is 0.335 e. The zero-order chi connectivity index (χ0) is 28.6. The number of hydrogen-bond donors (Lipinski definition) is 2. The molecule has 0 aromatic heterocycles. The molecule has 1 amide bonds. The average Bonchev–Trinajstić information content (AvgIpc) is 3.78. The smallest absolute Gasteiger partial charge is 0.335 e. The van der Waals surface area contributed by atoms with Crippen LogP contribution in [0.1, 0.15) is 46.3 Å². The second-order valence-corrected chi connectivity index (χ2v) is 10.4. The minimum Gasteiger partial charge on any atom is -0.495 e. The van der Waals surface area contributed by atoms with Gasteiger partial charge < -0.3 is 20.3 Å². The van der Waals surface area contributed by atoms with Gasteiger partial charge in [0, 0.05) is 17.9 Å². The van der Waals surface area contributed by atoms with Crippen LogP contribution in [0, 0.1) is 12.8 Å². The molecule has 3 aromatic carbocycles. The van der Waals surface area contributed by atoms with Crippen molar-refractivity contribution in [2.45, 2.75) is 32.6 Å². The minimum atomic E-state index is -1.09. The van der Waals surface area contributed by atoms with Crippen LogP contribution in [-0.4, -0.2) is 36.5 Å². The number of benzene rings is 3. The van der Waals surface area contributed by atoms with Gasteiger partial charge in [-0.1, -0.05) is 23.7 Å². The van der Waals surface area contributed by atoms with Crippen molar-refractivity contribution in [3.63, 3.8) is 0 Å². The Morgan fingerprint density at radius 3 is 2.50 bits per heavy atom. The first-order valence-corrected chi connectivity index (χ1v) is 13.4. The summed E-state index contributed by atoms with van der Waals surface area (Å²) in [4.78, 5) is 39.2. The highest BCUT2D eigenvalue weighted by Crippen LogP contribution is 2.41. The summed E-state index contributed by atoms with van der Waals surface area (Å²) in [5, 5.41) is 9.82. The SMILES string of the molecule is COc1cc(C(=O)O)ccc1N1C(=O)CCc2cc(OCC(C(=O)C3CC3)=C(N)c3c(C)cccc3Cl)ccc21. The van der Waals surface area contributed by atoms with E-state index in [-0.39, 0.29) is 41.9 Å². The van der Waals surface area contributed by atoms with Crippen molar-refractivity contribution in [1.82, 2.24) is 0 Å². The van der Waals surface area contributed by atoms with Crippen LogP contribution in [0.25, 0.3) is 5.70 Å². The second kappa shape index (κ2) is 11.1. The fourth-order valence-electron chi connectivity index (χ4n) is 4.97. The van der Waals surface area contributed by atoms with Crippen molar-refractivity contribution in [3.05, 3.63) is 87.4 Å². The molecule has 0 spiro atoms. The highest BCUT2D eigenvalue weighted by molar-refractivity contribution is 6.32. The standard InChI is InChI=1S/C31H29ClN2O6/c1-17-4-3-5-23(32)28(17)29(33)22(30(36)18-6-7-18)16-40-21-10-12-24-19(14-21)9-13-27(35)34(24)25-11-8-20(31(37)38)15-26(25)39-2/h3-5,8,10-12,14-15,18H,6-7,9,13,16,33H2,1-2H3,(H,37,38). The number of fused-ring (bicyclic) bond motifs is 1. The van der Waals surface area contributed by atoms with Crippen LogP contribution in [0.3, 0.4) is 0 Å². The van der Waals surface area contributed by atoms with Crippen molar-refractivity contribution in [2.24, 2.45) is 11.7 Å². The number of ketones is 1. The molecule has 0 atom stereocenters. The number of ether oxygens (including phenoxy) is 2. The summed E-state index contributed by atoms with van der Waals surface area (Å²) < 4.78 is 11.5. The maximum absolute atomic E-state index is 13.2. The van der Waals surface area contributed by atoms with Crippen LogP contribution >= 0.6 is 11.6 Å². The van der Waals surface area contributed by atoms with Gasteiger partial charge in [-0.25, -0.2) is 4.79 Å². The summed E-state index contributed by atoms with van der Waals surface area (Å²) in [6, 6.07) is 15.3. The number of rotatable bonds is 9. The van der Waals surface area contributed by atoms with E-state index in [2.05, 4.69) is 0 Å². The van der Waals surface area contributed by atoms with E-state index < -0.39 is 5.97 Å². The molecule has 0 bridgehead atoms. The molecule has 0 radical (unpaired) electrons. The summed E-state index contributed by atoms with van der Waals surface area (Å²) in [5.74, 6) is -0.484. The van der Waals surface area contributed by atoms with E-state index in [4.69, 9.17) is 26.8 Å². The Bertz CT molecular complexity index is 1540. The Balaban J connectivity index is 1.45. The van der Waals surface area contributed by atoms with Gasteiger partial charge in [0.25, 0.3) is 0 Å². The number of halogens is 1. The number of aryl methyl sites for hydroxylation is 2. The lowest BCUT2D eigenvalue weighted by Gasteiger charge is -2.31. The van der Waals surface area contributed by atoms with Crippen LogP contribution in [0.5, 0.6) is 11.5 Å². The molecule has 0 unspecified atom stereocenters.